The molecule has 0 heterocycles. The van der Waals surface area contributed by atoms with Gasteiger partial charge in [0.05, 0.1) is 12.8 Å². The molecule has 0 aliphatic carbocycles. The summed E-state index contributed by atoms with van der Waals surface area (Å²) in [5.74, 6) is 0.711. The zero-order valence-electron chi connectivity index (χ0n) is 11.8. The molecule has 2 N–H and O–H groups in total. The molecule has 2 aromatic rings. The quantitative estimate of drug-likeness (QED) is 0.856. The first kappa shape index (κ1) is 14.7. The van der Waals surface area contributed by atoms with Crippen LogP contribution in [0.1, 0.15) is 11.1 Å². The molecule has 3 nitrogen and oxygen atoms in total. The van der Waals surface area contributed by atoms with Crippen molar-refractivity contribution in [2.75, 3.05) is 19.9 Å². The molecular weight excluding hydrogens is 272 g/mol. The Balaban J connectivity index is 2.03. The summed E-state index contributed by atoms with van der Waals surface area (Å²) >= 11 is 6.17. The fraction of sp³-hybridized carbons (Fsp3) is 0.250. The third-order valence-electron chi connectivity index (χ3n) is 3.14. The summed E-state index contributed by atoms with van der Waals surface area (Å²) in [6, 6.07) is 13.8. The lowest BCUT2D eigenvalue weighted by molar-refractivity contribution is 0.319. The zero-order chi connectivity index (χ0) is 14.5. The van der Waals surface area contributed by atoms with E-state index in [4.69, 9.17) is 22.1 Å². The molecule has 0 fully saturated rings. The molecule has 0 unspecified atom stereocenters. The number of hydrogen-bond donors (Lipinski definition) is 1. The number of nitrogen functional groups attached to an aromatic ring is 1. The van der Waals surface area contributed by atoms with Crippen molar-refractivity contribution in [3.05, 3.63) is 58.6 Å². The van der Waals surface area contributed by atoms with E-state index < -0.39 is 0 Å². The summed E-state index contributed by atoms with van der Waals surface area (Å²) in [5.41, 5.74) is 8.86. The smallest absolute Gasteiger partial charge is 0.141 e. The highest BCUT2D eigenvalue weighted by atomic mass is 35.5. The lowest BCUT2D eigenvalue weighted by Crippen LogP contribution is -2.17. The fourth-order valence-electron chi connectivity index (χ4n) is 2.17. The first-order valence-electron chi connectivity index (χ1n) is 6.44. The Morgan fingerprint density at radius 2 is 1.90 bits per heavy atom. The Morgan fingerprint density at radius 1 is 1.15 bits per heavy atom. The molecule has 2 aromatic carbocycles. The van der Waals surface area contributed by atoms with Gasteiger partial charge in [-0.15, -0.1) is 0 Å². The number of anilines is 1. The highest BCUT2D eigenvalue weighted by molar-refractivity contribution is 6.31. The second kappa shape index (κ2) is 6.64. The van der Waals surface area contributed by atoms with Crippen LogP contribution in [0.4, 0.5) is 5.69 Å². The number of halogens is 1. The number of nitrogens with zero attached hydrogens (tertiary/aromatic N) is 1. The van der Waals surface area contributed by atoms with Gasteiger partial charge in [0.25, 0.3) is 0 Å². The summed E-state index contributed by atoms with van der Waals surface area (Å²) in [5, 5.41) is 0.800. The summed E-state index contributed by atoms with van der Waals surface area (Å²) < 4.78 is 5.16. The monoisotopic (exact) mass is 290 g/mol. The van der Waals surface area contributed by atoms with Crippen molar-refractivity contribution >= 4 is 17.3 Å². The van der Waals surface area contributed by atoms with E-state index in [1.807, 2.05) is 42.5 Å². The summed E-state index contributed by atoms with van der Waals surface area (Å²) in [4.78, 5) is 2.20. The Morgan fingerprint density at radius 3 is 2.55 bits per heavy atom. The molecule has 0 spiro atoms. The van der Waals surface area contributed by atoms with Crippen LogP contribution >= 0.6 is 11.6 Å². The van der Waals surface area contributed by atoms with Crippen molar-refractivity contribution in [2.45, 2.75) is 13.1 Å². The number of rotatable bonds is 5. The molecule has 106 valence electrons. The van der Waals surface area contributed by atoms with Crippen LogP contribution in [0.15, 0.2) is 42.5 Å². The largest absolute Gasteiger partial charge is 0.495 e. The average Bonchev–Trinajstić information content (AvgIpc) is 2.41. The van der Waals surface area contributed by atoms with Gasteiger partial charge in [0.1, 0.15) is 5.75 Å². The molecule has 0 saturated heterocycles. The Bertz CT molecular complexity index is 586. The molecule has 2 rings (SSSR count). The van der Waals surface area contributed by atoms with Crippen LogP contribution in [0.3, 0.4) is 0 Å². The predicted molar refractivity (Wildman–Crippen MR) is 84.0 cm³/mol. The average molecular weight is 291 g/mol. The number of benzene rings is 2. The van der Waals surface area contributed by atoms with Gasteiger partial charge in [0, 0.05) is 18.1 Å². The Kier molecular flexibility index (Phi) is 4.88. The maximum atomic E-state index is 6.17. The molecular formula is C16H19ClN2O. The minimum Gasteiger partial charge on any atom is -0.495 e. The van der Waals surface area contributed by atoms with Crippen molar-refractivity contribution in [1.29, 1.82) is 0 Å². The Labute approximate surface area is 124 Å². The summed E-state index contributed by atoms with van der Waals surface area (Å²) in [7, 11) is 3.68. The molecule has 0 saturated carbocycles. The lowest BCUT2D eigenvalue weighted by atomic mass is 10.1. The first-order valence-corrected chi connectivity index (χ1v) is 6.82. The fourth-order valence-corrected chi connectivity index (χ4v) is 2.36. The number of nitrogens with two attached hydrogens (primary N) is 1. The maximum absolute atomic E-state index is 6.17. The molecule has 0 radical (unpaired) electrons. The van der Waals surface area contributed by atoms with E-state index in [1.54, 1.807) is 7.11 Å². The van der Waals surface area contributed by atoms with Crippen LogP contribution in [0.2, 0.25) is 5.02 Å². The highest BCUT2D eigenvalue weighted by Gasteiger charge is 2.06. The normalized spacial score (nSPS) is 10.8. The molecule has 20 heavy (non-hydrogen) atoms. The van der Waals surface area contributed by atoms with Gasteiger partial charge in [0.2, 0.25) is 0 Å². The summed E-state index contributed by atoms with van der Waals surface area (Å²) in [6.07, 6.45) is 0. The molecule has 4 heteroatoms. The van der Waals surface area contributed by atoms with E-state index in [0.717, 1.165) is 29.2 Å². The maximum Gasteiger partial charge on any atom is 0.141 e. The van der Waals surface area contributed by atoms with E-state index >= 15 is 0 Å². The van der Waals surface area contributed by atoms with Crippen LogP contribution in [0.25, 0.3) is 0 Å². The van der Waals surface area contributed by atoms with Gasteiger partial charge in [-0.2, -0.15) is 0 Å². The van der Waals surface area contributed by atoms with Gasteiger partial charge in [-0.25, -0.2) is 0 Å². The van der Waals surface area contributed by atoms with E-state index in [9.17, 15) is 0 Å². The lowest BCUT2D eigenvalue weighted by Gasteiger charge is -2.18. The molecule has 0 amide bonds. The minimum atomic E-state index is 0.663. The number of ether oxygens (including phenoxy) is 1. The van der Waals surface area contributed by atoms with E-state index in [2.05, 4.69) is 11.9 Å². The van der Waals surface area contributed by atoms with Gasteiger partial charge in [-0.05, 0) is 36.4 Å². The van der Waals surface area contributed by atoms with Crippen molar-refractivity contribution in [1.82, 2.24) is 4.90 Å². The van der Waals surface area contributed by atoms with E-state index in [1.165, 1.54) is 0 Å². The third-order valence-corrected chi connectivity index (χ3v) is 3.51. The first-order chi connectivity index (χ1) is 9.60. The predicted octanol–water partition coefficient (Wildman–Crippen LogP) is 3.56. The molecule has 0 aliphatic rings. The zero-order valence-corrected chi connectivity index (χ0v) is 12.5. The van der Waals surface area contributed by atoms with Crippen molar-refractivity contribution in [3.63, 3.8) is 0 Å². The minimum absolute atomic E-state index is 0.663. The third kappa shape index (κ3) is 3.65. The second-order valence-electron chi connectivity index (χ2n) is 4.84. The molecule has 0 atom stereocenters. The van der Waals surface area contributed by atoms with Crippen molar-refractivity contribution in [3.8, 4) is 5.75 Å². The topological polar surface area (TPSA) is 38.5 Å². The van der Waals surface area contributed by atoms with Crippen molar-refractivity contribution in [2.24, 2.45) is 0 Å². The van der Waals surface area contributed by atoms with Crippen molar-refractivity contribution < 1.29 is 4.74 Å². The second-order valence-corrected chi connectivity index (χ2v) is 5.25. The molecule has 0 aromatic heterocycles. The van der Waals surface area contributed by atoms with Gasteiger partial charge in [-0.1, -0.05) is 35.9 Å². The summed E-state index contributed by atoms with van der Waals surface area (Å²) in [6.45, 7) is 1.60. The van der Waals surface area contributed by atoms with Crippen LogP contribution in [-0.4, -0.2) is 19.1 Å². The van der Waals surface area contributed by atoms with E-state index in [0.29, 0.717) is 11.4 Å². The van der Waals surface area contributed by atoms with E-state index in [-0.39, 0.29) is 0 Å². The van der Waals surface area contributed by atoms with Crippen LogP contribution in [0, 0.1) is 0 Å². The van der Waals surface area contributed by atoms with Crippen LogP contribution < -0.4 is 10.5 Å². The van der Waals surface area contributed by atoms with Crippen LogP contribution in [-0.2, 0) is 13.1 Å². The van der Waals surface area contributed by atoms with Gasteiger partial charge < -0.3 is 10.5 Å². The van der Waals surface area contributed by atoms with Gasteiger partial charge >= 0.3 is 0 Å². The highest BCUT2D eigenvalue weighted by Crippen LogP contribution is 2.23. The Hall–Kier alpha value is -1.71. The molecule has 0 bridgehead atoms. The van der Waals surface area contributed by atoms with Gasteiger partial charge in [-0.3, -0.25) is 4.90 Å². The number of methoxy groups -OCH3 is 1. The molecule has 0 aliphatic heterocycles. The standard InChI is InChI=1S/C16H19ClN2O/c1-19(11-13-5-3-4-6-14(13)17)10-12-7-8-16(20-2)15(18)9-12/h3-9H,10-11,18H2,1-2H3. The SMILES string of the molecule is COc1ccc(CN(C)Cc2ccccc2Cl)cc1N. The number of hydrogen-bond acceptors (Lipinski definition) is 3. The van der Waals surface area contributed by atoms with Crippen LogP contribution in [0.5, 0.6) is 5.75 Å². The van der Waals surface area contributed by atoms with Gasteiger partial charge in [0.15, 0.2) is 0 Å².